The first-order chi connectivity index (χ1) is 8.15. The highest BCUT2D eigenvalue weighted by Crippen LogP contribution is 2.23. The van der Waals surface area contributed by atoms with Gasteiger partial charge in [-0.25, -0.2) is 4.98 Å². The van der Waals surface area contributed by atoms with Crippen LogP contribution in [0.4, 0.5) is 5.69 Å². The van der Waals surface area contributed by atoms with Crippen molar-refractivity contribution in [3.8, 4) is 5.88 Å². The number of benzene rings is 1. The van der Waals surface area contributed by atoms with Crippen LogP contribution in [0.1, 0.15) is 18.6 Å². The molecule has 1 aromatic heterocycles. The predicted molar refractivity (Wildman–Crippen MR) is 69.1 cm³/mol. The van der Waals surface area contributed by atoms with Crippen LogP contribution in [0.2, 0.25) is 5.15 Å². The third kappa shape index (κ3) is 3.11. The number of pyridine rings is 1. The van der Waals surface area contributed by atoms with Crippen molar-refractivity contribution in [2.24, 2.45) is 0 Å². The zero-order chi connectivity index (χ0) is 12.3. The summed E-state index contributed by atoms with van der Waals surface area (Å²) in [5.74, 6) is 0.436. The van der Waals surface area contributed by atoms with Crippen LogP contribution in [0, 0.1) is 0 Å². The van der Waals surface area contributed by atoms with Crippen LogP contribution in [0.25, 0.3) is 0 Å². The van der Waals surface area contributed by atoms with Crippen molar-refractivity contribution in [1.29, 1.82) is 0 Å². The smallest absolute Gasteiger partial charge is 0.217 e. The van der Waals surface area contributed by atoms with Gasteiger partial charge in [0.15, 0.2) is 0 Å². The molecule has 0 saturated heterocycles. The van der Waals surface area contributed by atoms with Gasteiger partial charge in [0.25, 0.3) is 0 Å². The van der Waals surface area contributed by atoms with Crippen LogP contribution in [0.5, 0.6) is 5.88 Å². The topological polar surface area (TPSA) is 48.1 Å². The molecule has 17 heavy (non-hydrogen) atoms. The molecule has 4 heteroatoms. The molecule has 0 aliphatic heterocycles. The molecule has 0 bridgehead atoms. The van der Waals surface area contributed by atoms with Crippen molar-refractivity contribution in [3.63, 3.8) is 0 Å². The van der Waals surface area contributed by atoms with Gasteiger partial charge >= 0.3 is 0 Å². The molecular formula is C13H13ClN2O. The van der Waals surface area contributed by atoms with Crippen LogP contribution in [-0.4, -0.2) is 4.98 Å². The second kappa shape index (κ2) is 5.06. The fourth-order valence-corrected chi connectivity index (χ4v) is 1.73. The van der Waals surface area contributed by atoms with E-state index >= 15 is 0 Å². The molecular weight excluding hydrogens is 236 g/mol. The molecule has 0 aliphatic carbocycles. The van der Waals surface area contributed by atoms with Gasteiger partial charge in [0.05, 0.1) is 0 Å². The Kier molecular flexibility index (Phi) is 3.49. The molecule has 1 aromatic carbocycles. The van der Waals surface area contributed by atoms with Crippen molar-refractivity contribution in [2.45, 2.75) is 13.0 Å². The van der Waals surface area contributed by atoms with Crippen LogP contribution in [0.3, 0.4) is 0 Å². The second-order valence-electron chi connectivity index (χ2n) is 3.73. The lowest BCUT2D eigenvalue weighted by Gasteiger charge is -2.14. The molecule has 0 fully saturated rings. The molecule has 0 saturated carbocycles. The monoisotopic (exact) mass is 248 g/mol. The highest BCUT2D eigenvalue weighted by Gasteiger charge is 2.08. The number of rotatable bonds is 3. The average molecular weight is 249 g/mol. The third-order valence-corrected chi connectivity index (χ3v) is 2.55. The van der Waals surface area contributed by atoms with Gasteiger partial charge in [0, 0.05) is 11.8 Å². The largest absolute Gasteiger partial charge is 0.470 e. The molecule has 2 rings (SSSR count). The van der Waals surface area contributed by atoms with E-state index in [1.165, 1.54) is 0 Å². The van der Waals surface area contributed by atoms with Crippen LogP contribution < -0.4 is 10.5 Å². The minimum atomic E-state index is -0.0958. The maximum Gasteiger partial charge on any atom is 0.217 e. The summed E-state index contributed by atoms with van der Waals surface area (Å²) in [7, 11) is 0. The van der Waals surface area contributed by atoms with Crippen molar-refractivity contribution in [2.75, 3.05) is 5.73 Å². The minimum Gasteiger partial charge on any atom is -0.470 e. The van der Waals surface area contributed by atoms with Crippen LogP contribution in [0.15, 0.2) is 42.5 Å². The Hall–Kier alpha value is -1.74. The maximum absolute atomic E-state index is 5.81. The Balaban J connectivity index is 2.16. The van der Waals surface area contributed by atoms with E-state index < -0.39 is 0 Å². The molecule has 0 amide bonds. The number of nitrogen functional groups attached to an aromatic ring is 1. The minimum absolute atomic E-state index is 0.0958. The summed E-state index contributed by atoms with van der Waals surface area (Å²) in [6.07, 6.45) is -0.0958. The maximum atomic E-state index is 5.81. The number of halogens is 1. The van der Waals surface area contributed by atoms with Gasteiger partial charge in [-0.2, -0.15) is 0 Å². The van der Waals surface area contributed by atoms with Crippen molar-refractivity contribution >= 4 is 17.3 Å². The summed E-state index contributed by atoms with van der Waals surface area (Å²) in [6.45, 7) is 1.95. The Morgan fingerprint density at radius 3 is 2.59 bits per heavy atom. The number of nitrogens with zero attached hydrogens (tertiary/aromatic N) is 1. The van der Waals surface area contributed by atoms with E-state index in [9.17, 15) is 0 Å². The molecule has 0 radical (unpaired) electrons. The molecule has 3 nitrogen and oxygen atoms in total. The number of anilines is 1. The zero-order valence-electron chi connectivity index (χ0n) is 9.43. The van der Waals surface area contributed by atoms with Gasteiger partial charge in [0.2, 0.25) is 5.88 Å². The van der Waals surface area contributed by atoms with Gasteiger partial charge < -0.3 is 10.5 Å². The van der Waals surface area contributed by atoms with Crippen molar-refractivity contribution in [1.82, 2.24) is 4.98 Å². The van der Waals surface area contributed by atoms with E-state index in [0.29, 0.717) is 16.7 Å². The molecule has 1 unspecified atom stereocenters. The molecule has 2 N–H and O–H groups in total. The standard InChI is InChI=1S/C13H13ClN2O/c1-9(10-5-3-2-4-6-10)17-13-8-11(15)7-12(14)16-13/h2-9H,1H3,(H2,15,16). The molecule has 1 heterocycles. The quantitative estimate of drug-likeness (QED) is 0.847. The van der Waals surface area contributed by atoms with E-state index in [2.05, 4.69) is 4.98 Å². The molecule has 2 aromatic rings. The van der Waals surface area contributed by atoms with Gasteiger partial charge in [-0.05, 0) is 18.6 Å². The Labute approximate surface area is 105 Å². The Morgan fingerprint density at radius 1 is 1.24 bits per heavy atom. The van der Waals surface area contributed by atoms with Crippen LogP contribution in [-0.2, 0) is 0 Å². The van der Waals surface area contributed by atoms with Gasteiger partial charge in [-0.15, -0.1) is 0 Å². The number of aromatic nitrogens is 1. The van der Waals surface area contributed by atoms with E-state index in [1.54, 1.807) is 12.1 Å². The van der Waals surface area contributed by atoms with Crippen molar-refractivity contribution < 1.29 is 4.74 Å². The Morgan fingerprint density at radius 2 is 1.94 bits per heavy atom. The van der Waals surface area contributed by atoms with E-state index in [0.717, 1.165) is 5.56 Å². The summed E-state index contributed by atoms with van der Waals surface area (Å²) >= 11 is 5.81. The van der Waals surface area contributed by atoms with Crippen molar-refractivity contribution in [3.05, 3.63) is 53.2 Å². The third-order valence-electron chi connectivity index (χ3n) is 2.36. The summed E-state index contributed by atoms with van der Waals surface area (Å²) in [6, 6.07) is 13.1. The predicted octanol–water partition coefficient (Wildman–Crippen LogP) is 3.46. The normalized spacial score (nSPS) is 12.1. The number of ether oxygens (including phenoxy) is 1. The average Bonchev–Trinajstić information content (AvgIpc) is 2.28. The molecule has 1 atom stereocenters. The molecule has 0 aliphatic rings. The summed E-state index contributed by atoms with van der Waals surface area (Å²) in [4.78, 5) is 4.06. The lowest BCUT2D eigenvalue weighted by molar-refractivity contribution is 0.217. The van der Waals surface area contributed by atoms with Crippen LogP contribution >= 0.6 is 11.6 Å². The van der Waals surface area contributed by atoms with Gasteiger partial charge in [0.1, 0.15) is 11.3 Å². The highest BCUT2D eigenvalue weighted by molar-refractivity contribution is 6.29. The highest BCUT2D eigenvalue weighted by atomic mass is 35.5. The first-order valence-corrected chi connectivity index (χ1v) is 5.67. The van der Waals surface area contributed by atoms with E-state index in [-0.39, 0.29) is 6.10 Å². The van der Waals surface area contributed by atoms with E-state index in [4.69, 9.17) is 22.1 Å². The number of hydrogen-bond donors (Lipinski definition) is 1. The summed E-state index contributed by atoms with van der Waals surface area (Å²) in [5, 5.41) is 0.334. The van der Waals surface area contributed by atoms with Gasteiger partial charge in [-0.1, -0.05) is 41.9 Å². The lowest BCUT2D eigenvalue weighted by atomic mass is 10.1. The number of nitrogens with two attached hydrogens (primary N) is 1. The van der Waals surface area contributed by atoms with Gasteiger partial charge in [-0.3, -0.25) is 0 Å². The number of hydrogen-bond acceptors (Lipinski definition) is 3. The second-order valence-corrected chi connectivity index (χ2v) is 4.12. The summed E-state index contributed by atoms with van der Waals surface area (Å²) in [5.41, 5.74) is 7.29. The molecule has 0 spiro atoms. The lowest BCUT2D eigenvalue weighted by Crippen LogP contribution is -2.04. The Bertz CT molecular complexity index is 482. The first kappa shape index (κ1) is 11.7. The fraction of sp³-hybridized carbons (Fsp3) is 0.154. The van der Waals surface area contributed by atoms with E-state index in [1.807, 2.05) is 37.3 Å². The summed E-state index contributed by atoms with van der Waals surface area (Å²) < 4.78 is 5.69. The fourth-order valence-electron chi connectivity index (χ4n) is 1.53. The SMILES string of the molecule is CC(Oc1cc(N)cc(Cl)n1)c1ccccc1. The molecule has 88 valence electrons. The zero-order valence-corrected chi connectivity index (χ0v) is 10.2. The first-order valence-electron chi connectivity index (χ1n) is 5.30.